The first-order chi connectivity index (χ1) is 25.5. The molecule has 6 aliphatic rings. The van der Waals surface area contributed by atoms with E-state index in [0.717, 1.165) is 48.7 Å². The van der Waals surface area contributed by atoms with Gasteiger partial charge in [-0.1, -0.05) is 125 Å². The summed E-state index contributed by atoms with van der Waals surface area (Å²) in [7, 11) is 0. The molecule has 0 amide bonds. The molecular weight excluding hydrogens is 665 g/mol. The molecule has 0 atom stereocenters. The van der Waals surface area contributed by atoms with Gasteiger partial charge in [-0.15, -0.1) is 0 Å². The van der Waals surface area contributed by atoms with E-state index in [1.165, 1.54) is 89.0 Å². The highest BCUT2D eigenvalue weighted by molar-refractivity contribution is 7.98. The summed E-state index contributed by atoms with van der Waals surface area (Å²) in [5.74, 6) is 3.99. The van der Waals surface area contributed by atoms with E-state index in [1.54, 1.807) is 0 Å². The lowest BCUT2D eigenvalue weighted by atomic mass is 9.73. The quantitative estimate of drug-likeness (QED) is 0.169. The first-order valence-electron chi connectivity index (χ1n) is 19.4. The Labute approximate surface area is 319 Å². The molecule has 52 heavy (non-hydrogen) atoms. The van der Waals surface area contributed by atoms with Crippen LogP contribution in [0.3, 0.4) is 0 Å². The number of thioether (sulfide) groups is 2. The van der Waals surface area contributed by atoms with E-state index < -0.39 is 0 Å². The fraction of sp³-hybridized carbons (Fsp3) is 0.280. The van der Waals surface area contributed by atoms with Gasteiger partial charge in [-0.05, 0) is 139 Å². The standard InChI is InChI=1S/C50H48S2/c1-5-49(6-2)45-15-11-9-13-39(45)41-23-21-35(27-47(41)49)43-25-38-32-52-30-34-19-17-33(18-20-34)29-51-31-37(43)26-44(38)36-22-24-42-40-14-10-12-16-46(40)50(7-3,8-4)48(42)28-36/h9-28H,5-8,29-32H2,1-4H3. The summed E-state index contributed by atoms with van der Waals surface area (Å²) in [6.45, 7) is 9.52. The van der Waals surface area contributed by atoms with Gasteiger partial charge < -0.3 is 0 Å². The smallest absolute Gasteiger partial charge is 0.0210 e. The average Bonchev–Trinajstić information content (AvgIpc) is 3.65. The molecule has 0 spiro atoms. The van der Waals surface area contributed by atoms with E-state index in [4.69, 9.17) is 0 Å². The van der Waals surface area contributed by atoms with Crippen LogP contribution in [0.5, 0.6) is 0 Å². The number of hydrogen-bond acceptors (Lipinski definition) is 2. The van der Waals surface area contributed by atoms with Crippen molar-refractivity contribution in [3.05, 3.63) is 166 Å². The predicted molar refractivity (Wildman–Crippen MR) is 227 cm³/mol. The van der Waals surface area contributed by atoms with Gasteiger partial charge in [0.05, 0.1) is 0 Å². The summed E-state index contributed by atoms with van der Waals surface area (Å²) in [6.07, 6.45) is 4.44. The second-order valence-corrected chi connectivity index (χ2v) is 17.1. The van der Waals surface area contributed by atoms with Gasteiger partial charge in [0.15, 0.2) is 0 Å². The van der Waals surface area contributed by atoms with Crippen molar-refractivity contribution in [1.82, 2.24) is 0 Å². The van der Waals surface area contributed by atoms with Gasteiger partial charge in [-0.3, -0.25) is 0 Å². The van der Waals surface area contributed by atoms with Crippen molar-refractivity contribution in [2.45, 2.75) is 87.2 Å². The molecule has 2 aliphatic carbocycles. The molecule has 2 heteroatoms. The summed E-state index contributed by atoms with van der Waals surface area (Å²) >= 11 is 4.09. The summed E-state index contributed by atoms with van der Waals surface area (Å²) in [5.41, 5.74) is 23.1. The molecule has 260 valence electrons. The Morgan fingerprint density at radius 2 is 0.769 bits per heavy atom. The lowest BCUT2D eigenvalue weighted by Gasteiger charge is -2.30. The zero-order valence-electron chi connectivity index (χ0n) is 31.0. The van der Waals surface area contributed by atoms with Gasteiger partial charge in [-0.25, -0.2) is 0 Å². The zero-order valence-corrected chi connectivity index (χ0v) is 32.7. The lowest BCUT2D eigenvalue weighted by Crippen LogP contribution is -2.23. The lowest BCUT2D eigenvalue weighted by molar-refractivity contribution is 0.490. The molecule has 6 aromatic carbocycles. The third kappa shape index (κ3) is 5.19. The Kier molecular flexibility index (Phi) is 8.76. The monoisotopic (exact) mass is 712 g/mol. The number of rotatable bonds is 6. The SMILES string of the molecule is CCC1(CC)c2ccccc2-c2ccc(-c3cc4c(-c5ccc6c(c5)C(CC)(CC)c5ccccc5-6)cc3CSCc3ccc(cc3)CSC4)cc21. The van der Waals surface area contributed by atoms with E-state index in [2.05, 4.69) is 149 Å². The largest absolute Gasteiger partial charge is 0.152 e. The molecule has 0 saturated carbocycles. The predicted octanol–water partition coefficient (Wildman–Crippen LogP) is 14.4. The third-order valence-corrected chi connectivity index (χ3v) is 15.1. The van der Waals surface area contributed by atoms with Crippen LogP contribution in [0.15, 0.2) is 121 Å². The van der Waals surface area contributed by atoms with Crippen molar-refractivity contribution in [3.8, 4) is 44.5 Å². The van der Waals surface area contributed by atoms with Crippen molar-refractivity contribution in [1.29, 1.82) is 0 Å². The molecule has 0 unspecified atom stereocenters. The van der Waals surface area contributed by atoms with Crippen molar-refractivity contribution in [2.75, 3.05) is 0 Å². The van der Waals surface area contributed by atoms with Gasteiger partial charge in [0, 0.05) is 33.8 Å². The molecule has 0 radical (unpaired) electrons. The number of hydrogen-bond donors (Lipinski definition) is 0. The highest BCUT2D eigenvalue weighted by Gasteiger charge is 2.41. The van der Waals surface area contributed by atoms with Crippen LogP contribution < -0.4 is 0 Å². The summed E-state index contributed by atoms with van der Waals surface area (Å²) in [5, 5.41) is 0. The van der Waals surface area contributed by atoms with Gasteiger partial charge in [0.2, 0.25) is 0 Å². The summed E-state index contributed by atoms with van der Waals surface area (Å²) in [4.78, 5) is 0. The minimum atomic E-state index is 0.0608. The molecular formula is C50H48S2. The topological polar surface area (TPSA) is 0 Å². The van der Waals surface area contributed by atoms with Crippen molar-refractivity contribution in [2.24, 2.45) is 0 Å². The third-order valence-electron chi connectivity index (χ3n) is 13.0. The highest BCUT2D eigenvalue weighted by Crippen LogP contribution is 2.55. The van der Waals surface area contributed by atoms with Gasteiger partial charge >= 0.3 is 0 Å². The second-order valence-electron chi connectivity index (χ2n) is 15.2. The van der Waals surface area contributed by atoms with Gasteiger partial charge in [0.1, 0.15) is 0 Å². The van der Waals surface area contributed by atoms with Crippen molar-refractivity contribution >= 4 is 23.5 Å². The molecule has 0 aromatic heterocycles. The van der Waals surface area contributed by atoms with Crippen molar-refractivity contribution in [3.63, 3.8) is 0 Å². The summed E-state index contributed by atoms with van der Waals surface area (Å²) < 4.78 is 0. The zero-order chi connectivity index (χ0) is 35.5. The van der Waals surface area contributed by atoms with Crippen LogP contribution in [0.4, 0.5) is 0 Å². The number of fused-ring (bicyclic) bond motifs is 6. The number of benzene rings is 6. The minimum absolute atomic E-state index is 0.0608. The molecule has 0 fully saturated rings. The first kappa shape index (κ1) is 33.8. The first-order valence-corrected chi connectivity index (χ1v) is 21.7. The Morgan fingerprint density at radius 3 is 1.17 bits per heavy atom. The maximum absolute atomic E-state index is 2.59. The van der Waals surface area contributed by atoms with E-state index in [1.807, 2.05) is 23.5 Å². The van der Waals surface area contributed by atoms with Crippen LogP contribution in [0.2, 0.25) is 0 Å². The van der Waals surface area contributed by atoms with E-state index in [-0.39, 0.29) is 10.8 Å². The van der Waals surface area contributed by atoms with Crippen LogP contribution in [0.1, 0.15) is 97.9 Å². The molecule has 6 aromatic rings. The van der Waals surface area contributed by atoms with Crippen LogP contribution in [-0.4, -0.2) is 0 Å². The van der Waals surface area contributed by atoms with Crippen LogP contribution in [0.25, 0.3) is 44.5 Å². The minimum Gasteiger partial charge on any atom is -0.152 e. The maximum Gasteiger partial charge on any atom is 0.0210 e. The Balaban J connectivity index is 1.22. The van der Waals surface area contributed by atoms with E-state index in [0.29, 0.717) is 0 Å². The van der Waals surface area contributed by atoms with Gasteiger partial charge in [0.25, 0.3) is 0 Å². The van der Waals surface area contributed by atoms with E-state index in [9.17, 15) is 0 Å². The molecule has 0 saturated heterocycles. The molecule has 0 N–H and O–H groups in total. The van der Waals surface area contributed by atoms with E-state index >= 15 is 0 Å². The molecule has 4 bridgehead atoms. The van der Waals surface area contributed by atoms with Crippen molar-refractivity contribution < 1.29 is 0 Å². The fourth-order valence-corrected chi connectivity index (χ4v) is 12.0. The fourth-order valence-electron chi connectivity index (χ4n) is 10.0. The normalized spacial score (nSPS) is 16.2. The highest BCUT2D eigenvalue weighted by atomic mass is 32.2. The molecule has 4 aliphatic heterocycles. The Bertz CT molecular complexity index is 2140. The molecule has 4 heterocycles. The molecule has 0 nitrogen and oxygen atoms in total. The molecule has 12 rings (SSSR count). The van der Waals surface area contributed by atoms with Gasteiger partial charge in [-0.2, -0.15) is 23.5 Å². The maximum atomic E-state index is 2.59. The Hall–Kier alpha value is -3.98. The van der Waals surface area contributed by atoms with Crippen LogP contribution in [0, 0.1) is 0 Å². The summed E-state index contributed by atoms with van der Waals surface area (Å²) in [6, 6.07) is 47.7. The Morgan fingerprint density at radius 1 is 0.385 bits per heavy atom. The van der Waals surface area contributed by atoms with Crippen LogP contribution in [-0.2, 0) is 33.8 Å². The van der Waals surface area contributed by atoms with Crippen LogP contribution >= 0.6 is 23.5 Å². The second kappa shape index (κ2) is 13.5. The average molecular weight is 713 g/mol.